The van der Waals surface area contributed by atoms with Crippen LogP contribution in [0, 0.1) is 9.49 Å². The highest BCUT2D eigenvalue weighted by atomic mass is 127. The van der Waals surface area contributed by atoms with Crippen LogP contribution < -0.4 is 11.1 Å². The first kappa shape index (κ1) is 12.5. The molecule has 1 aromatic rings. The second-order valence-electron chi connectivity index (χ2n) is 4.31. The molecule has 6 heteroatoms. The van der Waals surface area contributed by atoms with Crippen LogP contribution in [0.1, 0.15) is 25.7 Å². The number of nitrogens with two attached hydrogens (primary N) is 1. The van der Waals surface area contributed by atoms with Crippen molar-refractivity contribution < 1.29 is 4.79 Å². The lowest BCUT2D eigenvalue weighted by atomic mass is 9.85. The van der Waals surface area contributed by atoms with Gasteiger partial charge in [0.15, 0.2) is 0 Å². The third-order valence-corrected chi connectivity index (χ3v) is 3.93. The van der Waals surface area contributed by atoms with Crippen molar-refractivity contribution >= 4 is 34.3 Å². The first-order valence-electron chi connectivity index (χ1n) is 5.68. The molecule has 1 saturated carbocycles. The van der Waals surface area contributed by atoms with Gasteiger partial charge in [-0.1, -0.05) is 0 Å². The minimum Gasteiger partial charge on any atom is -0.369 e. The summed E-state index contributed by atoms with van der Waals surface area (Å²) in [6.07, 6.45) is 7.00. The Morgan fingerprint density at radius 1 is 1.41 bits per heavy atom. The molecule has 1 aliphatic rings. The Kier molecular flexibility index (Phi) is 4.14. The van der Waals surface area contributed by atoms with Crippen LogP contribution in [0.15, 0.2) is 12.5 Å². The van der Waals surface area contributed by atoms with Crippen molar-refractivity contribution in [3.8, 4) is 0 Å². The highest BCUT2D eigenvalue weighted by molar-refractivity contribution is 14.1. The molecule has 0 radical (unpaired) electrons. The van der Waals surface area contributed by atoms with Gasteiger partial charge in [-0.05, 0) is 48.3 Å². The number of hydrogen-bond acceptors (Lipinski definition) is 4. The Morgan fingerprint density at radius 3 is 2.71 bits per heavy atom. The molecule has 3 N–H and O–H groups in total. The van der Waals surface area contributed by atoms with E-state index >= 15 is 0 Å². The number of rotatable bonds is 3. The van der Waals surface area contributed by atoms with Gasteiger partial charge in [0.25, 0.3) is 0 Å². The van der Waals surface area contributed by atoms with Crippen LogP contribution in [-0.4, -0.2) is 21.9 Å². The molecule has 0 unspecified atom stereocenters. The summed E-state index contributed by atoms with van der Waals surface area (Å²) < 4.78 is 1.02. The largest absolute Gasteiger partial charge is 0.369 e. The summed E-state index contributed by atoms with van der Waals surface area (Å²) in [4.78, 5) is 19.2. The predicted molar refractivity (Wildman–Crippen MR) is 73.3 cm³/mol. The van der Waals surface area contributed by atoms with Crippen LogP contribution in [0.4, 0.5) is 5.82 Å². The Morgan fingerprint density at radius 2 is 2.12 bits per heavy atom. The highest BCUT2D eigenvalue weighted by Gasteiger charge is 2.24. The predicted octanol–water partition coefficient (Wildman–Crippen LogP) is 1.54. The number of halogens is 1. The molecule has 17 heavy (non-hydrogen) atoms. The van der Waals surface area contributed by atoms with E-state index in [2.05, 4.69) is 37.9 Å². The molecular formula is C11H15IN4O. The summed E-state index contributed by atoms with van der Waals surface area (Å²) in [7, 11) is 0. The monoisotopic (exact) mass is 346 g/mol. The van der Waals surface area contributed by atoms with Crippen LogP contribution in [0.5, 0.6) is 0 Å². The molecule has 1 fully saturated rings. The van der Waals surface area contributed by atoms with Crippen molar-refractivity contribution in [1.82, 2.24) is 9.97 Å². The molecule has 0 bridgehead atoms. The molecule has 1 heterocycles. The average Bonchev–Trinajstić information content (AvgIpc) is 2.33. The minimum atomic E-state index is -0.167. The number of nitrogens with zero attached hydrogens (tertiary/aromatic N) is 2. The van der Waals surface area contributed by atoms with Crippen molar-refractivity contribution in [1.29, 1.82) is 0 Å². The summed E-state index contributed by atoms with van der Waals surface area (Å²) in [5, 5.41) is 3.40. The molecule has 0 aromatic carbocycles. The molecule has 92 valence electrons. The van der Waals surface area contributed by atoms with Gasteiger partial charge in [-0.15, -0.1) is 0 Å². The van der Waals surface area contributed by atoms with E-state index in [0.29, 0.717) is 6.04 Å². The Bertz CT molecular complexity index is 404. The van der Waals surface area contributed by atoms with Crippen LogP contribution >= 0.6 is 22.6 Å². The number of carbonyl (C=O) groups excluding carboxylic acids is 1. The molecule has 0 atom stereocenters. The summed E-state index contributed by atoms with van der Waals surface area (Å²) in [5.74, 6) is 0.765. The van der Waals surface area contributed by atoms with Crippen molar-refractivity contribution in [2.45, 2.75) is 31.7 Å². The Hall–Kier alpha value is -0.920. The summed E-state index contributed by atoms with van der Waals surface area (Å²) in [6, 6.07) is 0.383. The summed E-state index contributed by atoms with van der Waals surface area (Å²) in [6.45, 7) is 0. The lowest BCUT2D eigenvalue weighted by Gasteiger charge is -2.27. The maximum atomic E-state index is 11.1. The maximum Gasteiger partial charge on any atom is 0.220 e. The van der Waals surface area contributed by atoms with E-state index in [9.17, 15) is 4.79 Å². The van der Waals surface area contributed by atoms with Crippen molar-refractivity contribution in [3.63, 3.8) is 0 Å². The zero-order valence-electron chi connectivity index (χ0n) is 9.40. The molecule has 5 nitrogen and oxygen atoms in total. The number of primary amides is 1. The number of anilines is 1. The quantitative estimate of drug-likeness (QED) is 0.814. The fourth-order valence-corrected chi connectivity index (χ4v) is 2.59. The summed E-state index contributed by atoms with van der Waals surface area (Å²) in [5.41, 5.74) is 5.31. The van der Waals surface area contributed by atoms with Crippen molar-refractivity contribution in [2.75, 3.05) is 5.32 Å². The Balaban J connectivity index is 1.90. The van der Waals surface area contributed by atoms with Gasteiger partial charge in [0.05, 0.1) is 3.57 Å². The normalized spacial score (nSPS) is 24.3. The van der Waals surface area contributed by atoms with E-state index in [0.717, 1.165) is 35.1 Å². The summed E-state index contributed by atoms with van der Waals surface area (Å²) >= 11 is 2.21. The molecule has 0 spiro atoms. The smallest absolute Gasteiger partial charge is 0.220 e. The first-order valence-corrected chi connectivity index (χ1v) is 6.76. The zero-order chi connectivity index (χ0) is 12.3. The van der Waals surface area contributed by atoms with Crippen LogP contribution in [0.25, 0.3) is 0 Å². The van der Waals surface area contributed by atoms with Gasteiger partial charge in [-0.3, -0.25) is 4.79 Å². The third kappa shape index (κ3) is 3.27. The van der Waals surface area contributed by atoms with Gasteiger partial charge in [-0.25, -0.2) is 9.97 Å². The van der Waals surface area contributed by atoms with E-state index in [4.69, 9.17) is 5.73 Å². The van der Waals surface area contributed by atoms with Crippen molar-refractivity contribution in [2.24, 2.45) is 11.7 Å². The van der Waals surface area contributed by atoms with Crippen LogP contribution in [-0.2, 0) is 4.79 Å². The van der Waals surface area contributed by atoms with Gasteiger partial charge < -0.3 is 11.1 Å². The van der Waals surface area contributed by atoms with Crippen LogP contribution in [0.3, 0.4) is 0 Å². The molecule has 2 rings (SSSR count). The van der Waals surface area contributed by atoms with E-state index in [-0.39, 0.29) is 11.8 Å². The Labute approximate surface area is 114 Å². The van der Waals surface area contributed by atoms with Gasteiger partial charge in [0.2, 0.25) is 5.91 Å². The number of nitrogens with one attached hydrogen (secondary N) is 1. The SMILES string of the molecule is NC(=O)C1CCC(Nc2ncncc2I)CC1. The molecule has 1 amide bonds. The van der Waals surface area contributed by atoms with Crippen LogP contribution in [0.2, 0.25) is 0 Å². The molecule has 1 aromatic heterocycles. The minimum absolute atomic E-state index is 0.0533. The van der Waals surface area contributed by atoms with Crippen molar-refractivity contribution in [3.05, 3.63) is 16.1 Å². The number of aromatic nitrogens is 2. The van der Waals surface area contributed by atoms with Gasteiger partial charge >= 0.3 is 0 Å². The van der Waals surface area contributed by atoms with Gasteiger partial charge in [-0.2, -0.15) is 0 Å². The fraction of sp³-hybridized carbons (Fsp3) is 0.545. The van der Waals surface area contributed by atoms with Gasteiger partial charge in [0, 0.05) is 18.2 Å². The first-order chi connectivity index (χ1) is 8.16. The molecule has 0 saturated heterocycles. The lowest BCUT2D eigenvalue weighted by molar-refractivity contribution is -0.122. The standard InChI is InChI=1S/C11H15IN4O/c12-9-5-14-6-15-11(9)16-8-3-1-7(2-4-8)10(13)17/h5-8H,1-4H2,(H2,13,17)(H,14,15,16). The van der Waals surface area contributed by atoms with E-state index in [1.807, 2.05) is 0 Å². The topological polar surface area (TPSA) is 80.9 Å². The van der Waals surface area contributed by atoms with E-state index in [1.165, 1.54) is 0 Å². The second-order valence-corrected chi connectivity index (χ2v) is 5.48. The van der Waals surface area contributed by atoms with E-state index in [1.54, 1.807) is 12.5 Å². The van der Waals surface area contributed by atoms with E-state index < -0.39 is 0 Å². The average molecular weight is 346 g/mol. The molecule has 0 aliphatic heterocycles. The highest BCUT2D eigenvalue weighted by Crippen LogP contribution is 2.26. The maximum absolute atomic E-state index is 11.1. The second kappa shape index (κ2) is 5.61. The zero-order valence-corrected chi connectivity index (χ0v) is 11.6. The third-order valence-electron chi connectivity index (χ3n) is 3.14. The van der Waals surface area contributed by atoms with Gasteiger partial charge in [0.1, 0.15) is 12.1 Å². The lowest BCUT2D eigenvalue weighted by Crippen LogP contribution is -2.32. The molecule has 1 aliphatic carbocycles. The number of amides is 1. The number of hydrogen-bond donors (Lipinski definition) is 2. The molecular weight excluding hydrogens is 331 g/mol. The fourth-order valence-electron chi connectivity index (χ4n) is 2.13. The number of carbonyl (C=O) groups is 1.